The van der Waals surface area contributed by atoms with Gasteiger partial charge < -0.3 is 10.1 Å². The van der Waals surface area contributed by atoms with Gasteiger partial charge in [0.1, 0.15) is 12.1 Å². The van der Waals surface area contributed by atoms with E-state index >= 15 is 0 Å². The quantitative estimate of drug-likeness (QED) is 0.689. The van der Waals surface area contributed by atoms with Crippen LogP contribution in [0.4, 0.5) is 11.6 Å². The summed E-state index contributed by atoms with van der Waals surface area (Å²) >= 11 is 5.83. The zero-order chi connectivity index (χ0) is 19.5. The lowest BCUT2D eigenvalue weighted by Crippen LogP contribution is -2.29. The normalized spacial score (nSPS) is 15.5. The predicted molar refractivity (Wildman–Crippen MR) is 103 cm³/mol. The Kier molecular flexibility index (Phi) is 4.94. The Balaban J connectivity index is 1.42. The zero-order valence-electron chi connectivity index (χ0n) is 14.6. The molecule has 2 heterocycles. The number of carbonyl (C=O) groups excluding carboxylic acids is 2. The molecular formula is C19H16ClN5O3. The lowest BCUT2D eigenvalue weighted by molar-refractivity contribution is -0.118. The van der Waals surface area contributed by atoms with Gasteiger partial charge in [-0.1, -0.05) is 23.7 Å². The molecule has 2 N–H and O–H groups in total. The van der Waals surface area contributed by atoms with Crippen molar-refractivity contribution in [1.82, 2.24) is 14.8 Å². The first-order valence-corrected chi connectivity index (χ1v) is 8.94. The average Bonchev–Trinajstić information content (AvgIpc) is 3.16. The van der Waals surface area contributed by atoms with E-state index < -0.39 is 0 Å². The molecule has 0 saturated heterocycles. The van der Waals surface area contributed by atoms with Gasteiger partial charge in [0.15, 0.2) is 6.61 Å². The molecule has 0 aliphatic carbocycles. The first-order valence-electron chi connectivity index (χ1n) is 8.56. The minimum atomic E-state index is -0.289. The van der Waals surface area contributed by atoms with Crippen LogP contribution < -0.4 is 15.4 Å². The van der Waals surface area contributed by atoms with Crippen LogP contribution in [0, 0.1) is 0 Å². The summed E-state index contributed by atoms with van der Waals surface area (Å²) in [7, 11) is 0. The van der Waals surface area contributed by atoms with Crippen LogP contribution in [-0.4, -0.2) is 33.2 Å². The second-order valence-corrected chi connectivity index (χ2v) is 6.65. The van der Waals surface area contributed by atoms with Gasteiger partial charge in [0.25, 0.3) is 5.91 Å². The number of hydrogen-bond acceptors (Lipinski definition) is 5. The summed E-state index contributed by atoms with van der Waals surface area (Å²) < 4.78 is 7.27. The van der Waals surface area contributed by atoms with Crippen LogP contribution in [-0.2, 0) is 9.59 Å². The molecular weight excluding hydrogens is 382 g/mol. The number of rotatable bonds is 5. The summed E-state index contributed by atoms with van der Waals surface area (Å²) in [5.41, 5.74) is 1.48. The van der Waals surface area contributed by atoms with Crippen LogP contribution in [0.5, 0.6) is 5.75 Å². The van der Waals surface area contributed by atoms with Gasteiger partial charge in [0.2, 0.25) is 11.9 Å². The Hall–Kier alpha value is -3.39. The zero-order valence-corrected chi connectivity index (χ0v) is 15.4. The highest BCUT2D eigenvalue weighted by atomic mass is 35.5. The maximum absolute atomic E-state index is 12.1. The lowest BCUT2D eigenvalue weighted by atomic mass is 10.0. The Morgan fingerprint density at radius 2 is 2.11 bits per heavy atom. The van der Waals surface area contributed by atoms with Crippen LogP contribution in [0.25, 0.3) is 0 Å². The molecule has 8 nitrogen and oxygen atoms in total. The number of amides is 2. The van der Waals surface area contributed by atoms with E-state index in [-0.39, 0.29) is 30.9 Å². The summed E-state index contributed by atoms with van der Waals surface area (Å²) in [5, 5.41) is 10.2. The smallest absolute Gasteiger partial charge is 0.262 e. The molecule has 2 amide bonds. The first-order chi connectivity index (χ1) is 13.6. The summed E-state index contributed by atoms with van der Waals surface area (Å²) in [6.45, 7) is -0.147. The summed E-state index contributed by atoms with van der Waals surface area (Å²) in [6, 6.07) is 13.8. The number of benzene rings is 2. The monoisotopic (exact) mass is 397 g/mol. The largest absolute Gasteiger partial charge is 0.484 e. The van der Waals surface area contributed by atoms with Crippen LogP contribution in [0.3, 0.4) is 0 Å². The Labute approximate surface area is 165 Å². The van der Waals surface area contributed by atoms with Gasteiger partial charge >= 0.3 is 0 Å². The number of carbonyl (C=O) groups is 2. The van der Waals surface area contributed by atoms with Gasteiger partial charge in [-0.05, 0) is 42.0 Å². The number of fused-ring (bicyclic) bond motifs is 1. The second kappa shape index (κ2) is 7.69. The molecule has 0 bridgehead atoms. The van der Waals surface area contributed by atoms with E-state index in [0.29, 0.717) is 22.4 Å². The van der Waals surface area contributed by atoms with E-state index in [4.69, 9.17) is 16.3 Å². The molecule has 9 heteroatoms. The predicted octanol–water partition coefficient (Wildman–Crippen LogP) is 2.88. The number of anilines is 2. The Bertz CT molecular complexity index is 1020. The number of nitrogens with one attached hydrogen (secondary N) is 2. The fourth-order valence-corrected chi connectivity index (χ4v) is 3.08. The highest BCUT2D eigenvalue weighted by Crippen LogP contribution is 2.30. The molecule has 4 rings (SSSR count). The van der Waals surface area contributed by atoms with E-state index in [0.717, 1.165) is 5.56 Å². The summed E-state index contributed by atoms with van der Waals surface area (Å²) in [6.07, 6.45) is 1.65. The van der Waals surface area contributed by atoms with E-state index in [9.17, 15) is 9.59 Å². The Morgan fingerprint density at radius 3 is 2.93 bits per heavy atom. The van der Waals surface area contributed by atoms with Crippen molar-refractivity contribution in [3.8, 4) is 5.75 Å². The van der Waals surface area contributed by atoms with Crippen LogP contribution in [0.1, 0.15) is 18.0 Å². The lowest BCUT2D eigenvalue weighted by Gasteiger charge is -2.24. The first kappa shape index (κ1) is 18.0. The number of hydrogen-bond donors (Lipinski definition) is 2. The van der Waals surface area contributed by atoms with E-state index in [1.54, 1.807) is 41.1 Å². The van der Waals surface area contributed by atoms with E-state index in [1.807, 2.05) is 12.1 Å². The van der Waals surface area contributed by atoms with Crippen molar-refractivity contribution < 1.29 is 14.3 Å². The highest BCUT2D eigenvalue weighted by molar-refractivity contribution is 6.30. The molecule has 0 spiro atoms. The van der Waals surface area contributed by atoms with Crippen molar-refractivity contribution in [3.63, 3.8) is 0 Å². The van der Waals surface area contributed by atoms with Crippen LogP contribution >= 0.6 is 11.6 Å². The third-order valence-corrected chi connectivity index (χ3v) is 4.49. The number of ether oxygens (including phenoxy) is 1. The number of halogens is 1. The van der Waals surface area contributed by atoms with Gasteiger partial charge in [0, 0.05) is 10.7 Å². The minimum Gasteiger partial charge on any atom is -0.484 e. The molecule has 0 unspecified atom stereocenters. The van der Waals surface area contributed by atoms with Gasteiger partial charge in [0.05, 0.1) is 12.5 Å². The Morgan fingerprint density at radius 1 is 1.29 bits per heavy atom. The summed E-state index contributed by atoms with van der Waals surface area (Å²) in [5.74, 6) is 0.522. The highest BCUT2D eigenvalue weighted by Gasteiger charge is 2.27. The maximum atomic E-state index is 12.1. The molecule has 1 atom stereocenters. The van der Waals surface area contributed by atoms with Gasteiger partial charge in [-0.2, -0.15) is 10.1 Å². The standard InChI is InChI=1S/C19H16ClN5O3/c20-13-4-6-14(7-5-13)23-18(27)10-28-15-3-1-2-12(8-15)16-9-17(26)24-19-21-11-22-25(16)19/h1-8,11,16H,9-10H2,(H,23,27)(H,21,22,24,26)/t16-/m0/s1. The average molecular weight is 398 g/mol. The molecule has 3 aromatic rings. The molecule has 1 aromatic heterocycles. The third kappa shape index (κ3) is 3.96. The summed E-state index contributed by atoms with van der Waals surface area (Å²) in [4.78, 5) is 28.0. The van der Waals surface area contributed by atoms with Crippen molar-refractivity contribution in [3.05, 3.63) is 65.4 Å². The second-order valence-electron chi connectivity index (χ2n) is 6.21. The van der Waals surface area contributed by atoms with Gasteiger partial charge in [-0.15, -0.1) is 0 Å². The fraction of sp³-hybridized carbons (Fsp3) is 0.158. The van der Waals surface area contributed by atoms with Crippen LogP contribution in [0.15, 0.2) is 54.9 Å². The van der Waals surface area contributed by atoms with Crippen molar-refractivity contribution >= 4 is 35.1 Å². The molecule has 1 aliphatic heterocycles. The molecule has 0 radical (unpaired) electrons. The minimum absolute atomic E-state index is 0.126. The fourth-order valence-electron chi connectivity index (χ4n) is 2.96. The van der Waals surface area contributed by atoms with Crippen molar-refractivity contribution in [2.75, 3.05) is 17.2 Å². The topological polar surface area (TPSA) is 98.1 Å². The van der Waals surface area contributed by atoms with Crippen molar-refractivity contribution in [2.45, 2.75) is 12.5 Å². The molecule has 0 fully saturated rings. The third-order valence-electron chi connectivity index (χ3n) is 4.24. The van der Waals surface area contributed by atoms with Crippen molar-refractivity contribution in [1.29, 1.82) is 0 Å². The van der Waals surface area contributed by atoms with Crippen LogP contribution in [0.2, 0.25) is 5.02 Å². The SMILES string of the molecule is O=C(COc1cccc([C@@H]2CC(=O)Nc3ncnn32)c1)Nc1ccc(Cl)cc1. The molecule has 28 heavy (non-hydrogen) atoms. The van der Waals surface area contributed by atoms with Gasteiger partial charge in [-0.3, -0.25) is 14.9 Å². The van der Waals surface area contributed by atoms with Gasteiger partial charge in [-0.25, -0.2) is 4.68 Å². The molecule has 1 aliphatic rings. The molecule has 0 saturated carbocycles. The number of nitrogens with zero attached hydrogens (tertiary/aromatic N) is 3. The van der Waals surface area contributed by atoms with E-state index in [1.165, 1.54) is 6.33 Å². The number of aromatic nitrogens is 3. The molecule has 142 valence electrons. The van der Waals surface area contributed by atoms with Crippen molar-refractivity contribution in [2.24, 2.45) is 0 Å². The van der Waals surface area contributed by atoms with E-state index in [2.05, 4.69) is 20.7 Å². The molecule has 2 aromatic carbocycles. The maximum Gasteiger partial charge on any atom is 0.262 e.